The summed E-state index contributed by atoms with van der Waals surface area (Å²) in [5.74, 6) is 0.950. The summed E-state index contributed by atoms with van der Waals surface area (Å²) in [6.07, 6.45) is 1.92. The molecule has 0 aliphatic rings. The van der Waals surface area contributed by atoms with Crippen LogP contribution < -0.4 is 5.32 Å². The molecule has 0 fully saturated rings. The highest BCUT2D eigenvalue weighted by molar-refractivity contribution is 8.00. The van der Waals surface area contributed by atoms with Crippen LogP contribution in [-0.4, -0.2) is 42.9 Å². The monoisotopic (exact) mass is 316 g/mol. The van der Waals surface area contributed by atoms with E-state index in [1.165, 1.54) is 34.9 Å². The van der Waals surface area contributed by atoms with Crippen molar-refractivity contribution < 1.29 is 4.79 Å². The van der Waals surface area contributed by atoms with Crippen LogP contribution in [0.25, 0.3) is 0 Å². The van der Waals surface area contributed by atoms with Crippen molar-refractivity contribution in [1.29, 1.82) is 0 Å². The summed E-state index contributed by atoms with van der Waals surface area (Å²) >= 11 is 4.19. The summed E-state index contributed by atoms with van der Waals surface area (Å²) in [5.41, 5.74) is 0. The third-order valence-corrected chi connectivity index (χ3v) is 5.05. The highest BCUT2D eigenvalue weighted by Gasteiger charge is 2.11. The molecule has 0 spiro atoms. The minimum Gasteiger partial charge on any atom is -0.309 e. The fourth-order valence-corrected chi connectivity index (χ4v) is 3.08. The van der Waals surface area contributed by atoms with E-state index in [0.717, 1.165) is 15.3 Å². The van der Waals surface area contributed by atoms with Crippen molar-refractivity contribution in [2.24, 2.45) is 7.05 Å². The van der Waals surface area contributed by atoms with Gasteiger partial charge in [0.25, 0.3) is 0 Å². The van der Waals surface area contributed by atoms with Gasteiger partial charge in [-0.15, -0.1) is 20.4 Å². The Labute approximate surface area is 122 Å². The molecule has 0 bridgehead atoms. The molecule has 0 atom stereocenters. The molecule has 0 aliphatic heterocycles. The summed E-state index contributed by atoms with van der Waals surface area (Å²) in [5, 5.41) is 19.6. The van der Waals surface area contributed by atoms with Crippen LogP contribution in [0.2, 0.25) is 0 Å². The number of nitrogens with zero attached hydrogens (tertiary/aromatic N) is 5. The Morgan fingerprint density at radius 1 is 1.37 bits per heavy atom. The molecule has 19 heavy (non-hydrogen) atoms. The maximum Gasteiger partial charge on any atom is 0.236 e. The van der Waals surface area contributed by atoms with Gasteiger partial charge in [-0.25, -0.2) is 0 Å². The van der Waals surface area contributed by atoms with Crippen molar-refractivity contribution in [3.63, 3.8) is 0 Å². The third kappa shape index (κ3) is 3.67. The Hall–Kier alpha value is -1.13. The van der Waals surface area contributed by atoms with Crippen LogP contribution in [0.15, 0.2) is 9.50 Å². The first-order valence-corrected chi connectivity index (χ1v) is 8.29. The second-order valence-electron chi connectivity index (χ2n) is 3.50. The van der Waals surface area contributed by atoms with Crippen molar-refractivity contribution in [2.75, 3.05) is 17.3 Å². The van der Waals surface area contributed by atoms with Crippen LogP contribution in [0.3, 0.4) is 0 Å². The Bertz CT molecular complexity index is 580. The van der Waals surface area contributed by atoms with Crippen LogP contribution in [0, 0.1) is 6.92 Å². The van der Waals surface area contributed by atoms with Crippen LogP contribution in [0.5, 0.6) is 0 Å². The van der Waals surface area contributed by atoms with Crippen molar-refractivity contribution in [3.8, 4) is 0 Å². The lowest BCUT2D eigenvalue weighted by molar-refractivity contribution is -0.113. The van der Waals surface area contributed by atoms with Gasteiger partial charge < -0.3 is 4.57 Å². The molecular weight excluding hydrogens is 304 g/mol. The van der Waals surface area contributed by atoms with Gasteiger partial charge in [-0.05, 0) is 13.2 Å². The standard InChI is InChI=1S/C9H12N6OS3/c1-5-11-13-8(15(5)2)18-4-6(16)10-7-12-14-9(17-3)19-7/h4H2,1-3H3,(H,10,12,16). The fraction of sp³-hybridized carbons (Fsp3) is 0.444. The van der Waals surface area contributed by atoms with Gasteiger partial charge in [-0.3, -0.25) is 10.1 Å². The molecule has 10 heteroatoms. The average molecular weight is 316 g/mol. The molecule has 0 aromatic carbocycles. The second-order valence-corrected chi connectivity index (χ2v) is 6.48. The summed E-state index contributed by atoms with van der Waals surface area (Å²) in [6.45, 7) is 1.86. The van der Waals surface area contributed by atoms with Crippen LogP contribution in [0.1, 0.15) is 5.82 Å². The summed E-state index contributed by atoms with van der Waals surface area (Å²) in [6, 6.07) is 0. The Morgan fingerprint density at radius 2 is 2.16 bits per heavy atom. The van der Waals surface area contributed by atoms with E-state index in [9.17, 15) is 4.79 Å². The molecule has 0 radical (unpaired) electrons. The number of thioether (sulfide) groups is 2. The first kappa shape index (κ1) is 14.3. The quantitative estimate of drug-likeness (QED) is 0.659. The number of anilines is 1. The smallest absolute Gasteiger partial charge is 0.236 e. The van der Waals surface area contributed by atoms with Gasteiger partial charge in [0, 0.05) is 7.05 Å². The zero-order chi connectivity index (χ0) is 13.8. The normalized spacial score (nSPS) is 10.7. The molecule has 2 aromatic heterocycles. The first-order chi connectivity index (χ1) is 9.10. The number of hydrogen-bond acceptors (Lipinski definition) is 8. The fourth-order valence-electron chi connectivity index (χ4n) is 1.14. The number of hydrogen-bond donors (Lipinski definition) is 1. The molecule has 7 nitrogen and oxygen atoms in total. The summed E-state index contributed by atoms with van der Waals surface area (Å²) in [4.78, 5) is 11.7. The number of rotatable bonds is 5. The van der Waals surface area contributed by atoms with Crippen molar-refractivity contribution in [1.82, 2.24) is 25.0 Å². The predicted molar refractivity (Wildman–Crippen MR) is 76.8 cm³/mol. The van der Waals surface area contributed by atoms with E-state index >= 15 is 0 Å². The maximum atomic E-state index is 11.7. The lowest BCUT2D eigenvalue weighted by atomic mass is 10.7. The van der Waals surface area contributed by atoms with Crippen LogP contribution in [0.4, 0.5) is 5.13 Å². The number of carbonyl (C=O) groups excluding carboxylic acids is 1. The number of aryl methyl sites for hydroxylation is 1. The molecule has 0 unspecified atom stereocenters. The number of amides is 1. The van der Waals surface area contributed by atoms with E-state index in [0.29, 0.717) is 5.13 Å². The SMILES string of the molecule is CSc1nnc(NC(=O)CSc2nnc(C)n2C)s1. The van der Waals surface area contributed by atoms with Crippen molar-refractivity contribution in [3.05, 3.63) is 5.82 Å². The van der Waals surface area contributed by atoms with Gasteiger partial charge in [-0.1, -0.05) is 34.9 Å². The van der Waals surface area contributed by atoms with Crippen LogP contribution in [-0.2, 0) is 11.8 Å². The Balaban J connectivity index is 1.86. The van der Waals surface area contributed by atoms with Crippen molar-refractivity contribution in [2.45, 2.75) is 16.4 Å². The molecular formula is C9H12N6OS3. The summed E-state index contributed by atoms with van der Waals surface area (Å²) in [7, 11) is 1.87. The van der Waals surface area contributed by atoms with E-state index < -0.39 is 0 Å². The predicted octanol–water partition coefficient (Wildman–Crippen LogP) is 1.43. The van der Waals surface area contributed by atoms with E-state index in [1.807, 2.05) is 24.8 Å². The minimum absolute atomic E-state index is 0.130. The molecule has 2 rings (SSSR count). The molecule has 0 saturated carbocycles. The highest BCUT2D eigenvalue weighted by atomic mass is 32.2. The molecule has 2 heterocycles. The average Bonchev–Trinajstić information content (AvgIpc) is 2.96. The lowest BCUT2D eigenvalue weighted by Crippen LogP contribution is -2.14. The Morgan fingerprint density at radius 3 is 2.74 bits per heavy atom. The van der Waals surface area contributed by atoms with Gasteiger partial charge in [0.15, 0.2) is 9.50 Å². The third-order valence-electron chi connectivity index (χ3n) is 2.21. The second kappa shape index (κ2) is 6.35. The topological polar surface area (TPSA) is 85.6 Å². The number of carbonyl (C=O) groups is 1. The van der Waals surface area contributed by atoms with Gasteiger partial charge in [0.2, 0.25) is 11.0 Å². The van der Waals surface area contributed by atoms with Gasteiger partial charge in [0.05, 0.1) is 5.75 Å². The molecule has 0 saturated heterocycles. The van der Waals surface area contributed by atoms with Crippen molar-refractivity contribution >= 4 is 45.9 Å². The summed E-state index contributed by atoms with van der Waals surface area (Å²) < 4.78 is 2.67. The zero-order valence-corrected chi connectivity index (χ0v) is 13.0. The Kier molecular flexibility index (Phi) is 4.77. The minimum atomic E-state index is -0.130. The van der Waals surface area contributed by atoms with Gasteiger partial charge >= 0.3 is 0 Å². The highest BCUT2D eigenvalue weighted by Crippen LogP contribution is 2.23. The van der Waals surface area contributed by atoms with Gasteiger partial charge in [0.1, 0.15) is 5.82 Å². The molecule has 0 aliphatic carbocycles. The van der Waals surface area contributed by atoms with E-state index in [4.69, 9.17) is 0 Å². The first-order valence-electron chi connectivity index (χ1n) is 5.26. The maximum absolute atomic E-state index is 11.7. The number of aromatic nitrogens is 5. The van der Waals surface area contributed by atoms with Crippen LogP contribution >= 0.6 is 34.9 Å². The van der Waals surface area contributed by atoms with E-state index in [2.05, 4.69) is 25.7 Å². The molecule has 2 aromatic rings. The number of nitrogens with one attached hydrogen (secondary N) is 1. The largest absolute Gasteiger partial charge is 0.309 e. The lowest BCUT2D eigenvalue weighted by Gasteiger charge is -2.01. The molecule has 1 amide bonds. The molecule has 1 N–H and O–H groups in total. The van der Waals surface area contributed by atoms with Gasteiger partial charge in [-0.2, -0.15) is 0 Å². The zero-order valence-electron chi connectivity index (χ0n) is 10.6. The van der Waals surface area contributed by atoms with E-state index in [-0.39, 0.29) is 11.7 Å². The van der Waals surface area contributed by atoms with E-state index in [1.54, 1.807) is 0 Å². The molecule has 102 valence electrons.